The predicted octanol–water partition coefficient (Wildman–Crippen LogP) is 4.62. The van der Waals surface area contributed by atoms with Crippen LogP contribution in [0.15, 0.2) is 18.2 Å². The smallest absolute Gasteiger partial charge is 0.124 e. The summed E-state index contributed by atoms with van der Waals surface area (Å²) in [6.07, 6.45) is 6.39. The average Bonchev–Trinajstić information content (AvgIpc) is 3.13. The van der Waals surface area contributed by atoms with Crippen LogP contribution < -0.4 is 0 Å². The molecule has 0 unspecified atom stereocenters. The van der Waals surface area contributed by atoms with E-state index < -0.39 is 0 Å². The highest BCUT2D eigenvalue weighted by molar-refractivity contribution is 6.16. The van der Waals surface area contributed by atoms with Gasteiger partial charge >= 0.3 is 0 Å². The lowest BCUT2D eigenvalue weighted by Gasteiger charge is -2.29. The highest BCUT2D eigenvalue weighted by Crippen LogP contribution is 2.43. The second kappa shape index (κ2) is 5.69. The molecule has 0 atom stereocenters. The number of benzene rings is 1. The number of hydrogen-bond acceptors (Lipinski definition) is 2. The minimum Gasteiger partial charge on any atom is -0.326 e. The molecule has 21 heavy (non-hydrogen) atoms. The molecule has 1 heterocycles. The summed E-state index contributed by atoms with van der Waals surface area (Å²) in [5, 5.41) is 9.26. The van der Waals surface area contributed by atoms with Crippen molar-refractivity contribution in [1.29, 1.82) is 5.26 Å². The highest BCUT2D eigenvalue weighted by Gasteiger charge is 2.33. The van der Waals surface area contributed by atoms with Gasteiger partial charge in [0.15, 0.2) is 0 Å². The molecule has 0 amide bonds. The lowest BCUT2D eigenvalue weighted by molar-refractivity contribution is 0.238. The van der Waals surface area contributed by atoms with E-state index in [2.05, 4.69) is 28.6 Å². The number of rotatable bonds is 4. The number of alkyl halides is 1. The molecular weight excluding hydrogens is 282 g/mol. The van der Waals surface area contributed by atoms with Crippen LogP contribution in [0, 0.1) is 16.7 Å². The van der Waals surface area contributed by atoms with Crippen LogP contribution in [0.4, 0.5) is 0 Å². The first-order valence-electron chi connectivity index (χ1n) is 7.67. The molecule has 1 saturated carbocycles. The Morgan fingerprint density at radius 1 is 1.38 bits per heavy atom. The molecule has 1 aromatic carbocycles. The Bertz CT molecular complexity index is 690. The summed E-state index contributed by atoms with van der Waals surface area (Å²) in [4.78, 5) is 4.62. The Balaban J connectivity index is 2.11. The van der Waals surface area contributed by atoms with Crippen LogP contribution >= 0.6 is 11.6 Å². The van der Waals surface area contributed by atoms with E-state index in [4.69, 9.17) is 11.6 Å². The average molecular weight is 302 g/mol. The van der Waals surface area contributed by atoms with Gasteiger partial charge in [0.1, 0.15) is 17.4 Å². The molecule has 1 aliphatic carbocycles. The number of hydrogen-bond donors (Lipinski definition) is 0. The maximum absolute atomic E-state index is 9.26. The van der Waals surface area contributed by atoms with E-state index in [1.807, 2.05) is 12.1 Å². The number of nitrogens with zero attached hydrogens (tertiary/aromatic N) is 3. The van der Waals surface area contributed by atoms with E-state index >= 15 is 0 Å². The molecule has 1 aromatic heterocycles. The van der Waals surface area contributed by atoms with Gasteiger partial charge in [0, 0.05) is 6.54 Å². The van der Waals surface area contributed by atoms with Crippen molar-refractivity contribution in [1.82, 2.24) is 9.55 Å². The minimum absolute atomic E-state index is 0.372. The number of aromatic nitrogens is 2. The third kappa shape index (κ3) is 2.42. The van der Waals surface area contributed by atoms with Crippen molar-refractivity contribution in [2.24, 2.45) is 5.41 Å². The number of fused-ring (bicyclic) bond motifs is 1. The number of nitriles is 1. The van der Waals surface area contributed by atoms with Gasteiger partial charge in [0.2, 0.25) is 0 Å². The molecular formula is C17H20ClN3. The zero-order chi connectivity index (χ0) is 14.9. The topological polar surface area (TPSA) is 41.6 Å². The summed E-state index contributed by atoms with van der Waals surface area (Å²) < 4.78 is 2.25. The van der Waals surface area contributed by atoms with E-state index in [-0.39, 0.29) is 0 Å². The van der Waals surface area contributed by atoms with Gasteiger partial charge in [0.05, 0.1) is 17.0 Å². The molecule has 1 fully saturated rings. The van der Waals surface area contributed by atoms with Crippen molar-refractivity contribution < 1.29 is 0 Å². The Labute approximate surface area is 130 Å². The Kier molecular flexibility index (Phi) is 3.91. The van der Waals surface area contributed by atoms with Gasteiger partial charge in [-0.2, -0.15) is 5.26 Å². The molecule has 0 bridgehead atoms. The molecule has 0 radical (unpaired) electrons. The highest BCUT2D eigenvalue weighted by atomic mass is 35.5. The second-order valence-electron chi connectivity index (χ2n) is 6.09. The monoisotopic (exact) mass is 301 g/mol. The predicted molar refractivity (Wildman–Crippen MR) is 85.2 cm³/mol. The molecule has 110 valence electrons. The van der Waals surface area contributed by atoms with E-state index in [0.29, 0.717) is 16.9 Å². The maximum Gasteiger partial charge on any atom is 0.124 e. The summed E-state index contributed by atoms with van der Waals surface area (Å²) in [6.45, 7) is 3.25. The quantitative estimate of drug-likeness (QED) is 0.773. The lowest BCUT2D eigenvalue weighted by Crippen LogP contribution is -2.23. The van der Waals surface area contributed by atoms with E-state index in [1.54, 1.807) is 0 Å². The van der Waals surface area contributed by atoms with Crippen LogP contribution in [0.5, 0.6) is 0 Å². The zero-order valence-electron chi connectivity index (χ0n) is 12.4. The fraction of sp³-hybridized carbons (Fsp3) is 0.529. The summed E-state index contributed by atoms with van der Waals surface area (Å²) >= 11 is 6.11. The van der Waals surface area contributed by atoms with Gasteiger partial charge in [-0.25, -0.2) is 4.98 Å². The van der Waals surface area contributed by atoms with Crippen LogP contribution in [0.2, 0.25) is 0 Å². The summed E-state index contributed by atoms with van der Waals surface area (Å²) in [5.41, 5.74) is 2.84. The van der Waals surface area contributed by atoms with Gasteiger partial charge in [-0.3, -0.25) is 0 Å². The van der Waals surface area contributed by atoms with E-state index in [0.717, 1.165) is 23.4 Å². The molecule has 0 saturated heterocycles. The Morgan fingerprint density at radius 3 is 2.76 bits per heavy atom. The normalized spacial score (nSPS) is 17.2. The molecule has 3 rings (SSSR count). The molecule has 1 aliphatic rings. The number of imidazole rings is 1. The lowest BCUT2D eigenvalue weighted by atomic mass is 9.83. The third-order valence-corrected chi connectivity index (χ3v) is 5.24. The Morgan fingerprint density at radius 2 is 2.14 bits per heavy atom. The second-order valence-corrected chi connectivity index (χ2v) is 6.36. The largest absolute Gasteiger partial charge is 0.326 e. The Hall–Kier alpha value is -1.53. The third-order valence-electron chi connectivity index (χ3n) is 5.01. The number of para-hydroxylation sites is 1. The van der Waals surface area contributed by atoms with Crippen LogP contribution in [-0.2, 0) is 12.4 Å². The van der Waals surface area contributed by atoms with Crippen molar-refractivity contribution in [2.45, 2.75) is 51.5 Å². The molecule has 2 aromatic rings. The van der Waals surface area contributed by atoms with Crippen molar-refractivity contribution in [3.05, 3.63) is 29.6 Å². The van der Waals surface area contributed by atoms with Gasteiger partial charge in [0.25, 0.3) is 0 Å². The molecule has 0 spiro atoms. The fourth-order valence-electron chi connectivity index (χ4n) is 3.65. The zero-order valence-corrected chi connectivity index (χ0v) is 13.2. The standard InChI is InChI=1S/C17H20ClN3/c1-2-17(8-3-4-9-17)12-21-14-7-5-6-13(11-19)16(14)20-15(21)10-18/h5-7H,2-4,8-10,12H2,1H3. The minimum atomic E-state index is 0.372. The van der Waals surface area contributed by atoms with E-state index in [9.17, 15) is 5.26 Å². The first kappa shape index (κ1) is 14.4. The van der Waals surface area contributed by atoms with Crippen molar-refractivity contribution in [3.8, 4) is 6.07 Å². The van der Waals surface area contributed by atoms with E-state index in [1.165, 1.54) is 32.1 Å². The van der Waals surface area contributed by atoms with Crippen LogP contribution in [0.1, 0.15) is 50.4 Å². The summed E-state index contributed by atoms with van der Waals surface area (Å²) in [7, 11) is 0. The van der Waals surface area contributed by atoms with Gasteiger partial charge in [-0.05, 0) is 36.8 Å². The fourth-order valence-corrected chi connectivity index (χ4v) is 3.85. The van der Waals surface area contributed by atoms with Crippen molar-refractivity contribution in [2.75, 3.05) is 0 Å². The van der Waals surface area contributed by atoms with Crippen LogP contribution in [0.25, 0.3) is 11.0 Å². The van der Waals surface area contributed by atoms with Crippen LogP contribution in [0.3, 0.4) is 0 Å². The first-order chi connectivity index (χ1) is 10.2. The molecule has 0 N–H and O–H groups in total. The van der Waals surface area contributed by atoms with Gasteiger partial charge < -0.3 is 4.57 Å². The molecule has 0 aliphatic heterocycles. The van der Waals surface area contributed by atoms with Crippen molar-refractivity contribution >= 4 is 22.6 Å². The van der Waals surface area contributed by atoms with Gasteiger partial charge in [-0.1, -0.05) is 25.8 Å². The SMILES string of the molecule is CCC1(Cn2c(CCl)nc3c(C#N)cccc32)CCCC1. The molecule has 3 nitrogen and oxygen atoms in total. The van der Waals surface area contributed by atoms with Crippen molar-refractivity contribution in [3.63, 3.8) is 0 Å². The summed E-state index contributed by atoms with van der Waals surface area (Å²) in [6, 6.07) is 8.04. The molecule has 4 heteroatoms. The van der Waals surface area contributed by atoms with Crippen LogP contribution in [-0.4, -0.2) is 9.55 Å². The number of halogens is 1. The first-order valence-corrected chi connectivity index (χ1v) is 8.20. The van der Waals surface area contributed by atoms with Gasteiger partial charge in [-0.15, -0.1) is 11.6 Å². The summed E-state index contributed by atoms with van der Waals surface area (Å²) in [5.74, 6) is 1.27. The maximum atomic E-state index is 9.26.